The number of hydrogen-bond acceptors (Lipinski definition) is 3. The molecule has 1 aliphatic heterocycles. The minimum atomic E-state index is -0.868. The van der Waals surface area contributed by atoms with Crippen LogP contribution in [0.15, 0.2) is 24.3 Å². The third-order valence-electron chi connectivity index (χ3n) is 5.27. The second-order valence-electron chi connectivity index (χ2n) is 7.19. The van der Waals surface area contributed by atoms with Crippen LogP contribution < -0.4 is 4.74 Å². The average molecular weight is 302 g/mol. The maximum Gasteiger partial charge on any atom is 0.135 e. The quantitative estimate of drug-likeness (QED) is 0.832. The van der Waals surface area contributed by atoms with Crippen molar-refractivity contribution in [3.05, 3.63) is 35.4 Å². The highest BCUT2D eigenvalue weighted by Crippen LogP contribution is 2.56. The Morgan fingerprint density at radius 3 is 2.82 bits per heavy atom. The standard InChI is InChI=1S/C19H26O3/c1-5-6-12-9-14(20)17-15(10-12)22-18-16(17)13(11(2)3)7-8-19(18,4)21/h9-10,13,16,18,20-21H,2,5-8H2,1,3-4H3. The molecule has 2 N–H and O–H groups in total. The predicted octanol–water partition coefficient (Wildman–Crippen LogP) is 3.93. The van der Waals surface area contributed by atoms with Crippen LogP contribution in [0.4, 0.5) is 0 Å². The number of phenols is 1. The highest BCUT2D eigenvalue weighted by molar-refractivity contribution is 5.54. The maximum absolute atomic E-state index is 10.7. The summed E-state index contributed by atoms with van der Waals surface area (Å²) in [5.41, 5.74) is 2.17. The molecule has 22 heavy (non-hydrogen) atoms. The molecule has 4 atom stereocenters. The number of fused-ring (bicyclic) bond motifs is 3. The maximum atomic E-state index is 10.7. The molecule has 1 aromatic carbocycles. The molecule has 0 saturated heterocycles. The lowest BCUT2D eigenvalue weighted by Crippen LogP contribution is -2.50. The van der Waals surface area contributed by atoms with Gasteiger partial charge >= 0.3 is 0 Å². The lowest BCUT2D eigenvalue weighted by Gasteiger charge is -2.42. The number of aromatic hydroxyl groups is 1. The number of benzene rings is 1. The minimum Gasteiger partial charge on any atom is -0.508 e. The fourth-order valence-electron chi connectivity index (χ4n) is 4.14. The zero-order valence-electron chi connectivity index (χ0n) is 13.7. The molecule has 1 saturated carbocycles. The van der Waals surface area contributed by atoms with Crippen molar-refractivity contribution in [1.29, 1.82) is 0 Å². The Morgan fingerprint density at radius 2 is 2.18 bits per heavy atom. The summed E-state index contributed by atoms with van der Waals surface area (Å²) in [5.74, 6) is 1.28. The third-order valence-corrected chi connectivity index (χ3v) is 5.27. The van der Waals surface area contributed by atoms with Crippen LogP contribution in [0.1, 0.15) is 57.1 Å². The second kappa shape index (κ2) is 5.31. The predicted molar refractivity (Wildman–Crippen MR) is 87.4 cm³/mol. The summed E-state index contributed by atoms with van der Waals surface area (Å²) in [6, 6.07) is 3.88. The molecule has 1 aromatic rings. The summed E-state index contributed by atoms with van der Waals surface area (Å²) in [4.78, 5) is 0. The lowest BCUT2D eigenvalue weighted by atomic mass is 9.66. The van der Waals surface area contributed by atoms with Gasteiger partial charge in [-0.25, -0.2) is 0 Å². The van der Waals surface area contributed by atoms with Crippen molar-refractivity contribution in [2.45, 2.75) is 64.1 Å². The first kappa shape index (κ1) is 15.4. The van der Waals surface area contributed by atoms with Gasteiger partial charge in [-0.15, -0.1) is 0 Å². The van der Waals surface area contributed by atoms with Crippen molar-refractivity contribution in [3.63, 3.8) is 0 Å². The van der Waals surface area contributed by atoms with Gasteiger partial charge in [-0.1, -0.05) is 25.5 Å². The van der Waals surface area contributed by atoms with Crippen LogP contribution in [0, 0.1) is 5.92 Å². The molecule has 1 heterocycles. The van der Waals surface area contributed by atoms with E-state index in [1.165, 1.54) is 0 Å². The van der Waals surface area contributed by atoms with Crippen LogP contribution in [0.25, 0.3) is 0 Å². The number of hydrogen-bond donors (Lipinski definition) is 2. The van der Waals surface area contributed by atoms with Gasteiger partial charge in [0.25, 0.3) is 0 Å². The summed E-state index contributed by atoms with van der Waals surface area (Å²) in [6.07, 6.45) is 3.21. The molecule has 0 aromatic heterocycles. The highest BCUT2D eigenvalue weighted by Gasteiger charge is 2.53. The van der Waals surface area contributed by atoms with Gasteiger partial charge in [-0.2, -0.15) is 0 Å². The van der Waals surface area contributed by atoms with E-state index >= 15 is 0 Å². The van der Waals surface area contributed by atoms with Crippen molar-refractivity contribution in [2.75, 3.05) is 0 Å². The number of aryl methyl sites for hydroxylation is 1. The Bertz CT molecular complexity index is 603. The van der Waals surface area contributed by atoms with Gasteiger partial charge in [0.2, 0.25) is 0 Å². The monoisotopic (exact) mass is 302 g/mol. The first-order chi connectivity index (χ1) is 10.3. The van der Waals surface area contributed by atoms with E-state index in [4.69, 9.17) is 4.74 Å². The Morgan fingerprint density at radius 1 is 1.45 bits per heavy atom. The topological polar surface area (TPSA) is 49.7 Å². The number of ether oxygens (including phenoxy) is 1. The van der Waals surface area contributed by atoms with Crippen LogP contribution in [-0.4, -0.2) is 21.9 Å². The molecule has 0 radical (unpaired) electrons. The van der Waals surface area contributed by atoms with Gasteiger partial charge in [0.05, 0.1) is 5.60 Å². The molecule has 1 aliphatic carbocycles. The highest BCUT2D eigenvalue weighted by atomic mass is 16.5. The largest absolute Gasteiger partial charge is 0.508 e. The van der Waals surface area contributed by atoms with Gasteiger partial charge in [0.1, 0.15) is 17.6 Å². The third kappa shape index (κ3) is 2.32. The van der Waals surface area contributed by atoms with E-state index in [1.54, 1.807) is 0 Å². The van der Waals surface area contributed by atoms with E-state index in [1.807, 2.05) is 26.0 Å². The summed E-state index contributed by atoms with van der Waals surface area (Å²) < 4.78 is 6.12. The van der Waals surface area contributed by atoms with Crippen molar-refractivity contribution < 1.29 is 14.9 Å². The van der Waals surface area contributed by atoms with Crippen LogP contribution >= 0.6 is 0 Å². The van der Waals surface area contributed by atoms with E-state index in [2.05, 4.69) is 13.5 Å². The average Bonchev–Trinajstić information content (AvgIpc) is 2.80. The van der Waals surface area contributed by atoms with Crippen LogP contribution in [0.5, 0.6) is 11.5 Å². The molecule has 0 amide bonds. The first-order valence-corrected chi connectivity index (χ1v) is 8.25. The second-order valence-corrected chi connectivity index (χ2v) is 7.19. The van der Waals surface area contributed by atoms with Crippen molar-refractivity contribution in [1.82, 2.24) is 0 Å². The molecule has 3 rings (SSSR count). The Hall–Kier alpha value is -1.48. The molecular formula is C19H26O3. The summed E-state index contributed by atoms with van der Waals surface area (Å²) >= 11 is 0. The van der Waals surface area contributed by atoms with E-state index in [9.17, 15) is 10.2 Å². The Balaban J connectivity index is 2.08. The summed E-state index contributed by atoms with van der Waals surface area (Å²) in [7, 11) is 0. The molecule has 3 nitrogen and oxygen atoms in total. The first-order valence-electron chi connectivity index (χ1n) is 8.25. The molecule has 0 bridgehead atoms. The fraction of sp³-hybridized carbons (Fsp3) is 0.579. The van der Waals surface area contributed by atoms with Crippen molar-refractivity contribution in [3.8, 4) is 11.5 Å². The van der Waals surface area contributed by atoms with E-state index in [0.717, 1.165) is 41.7 Å². The van der Waals surface area contributed by atoms with Crippen molar-refractivity contribution >= 4 is 0 Å². The number of aliphatic hydroxyl groups is 1. The molecule has 120 valence electrons. The zero-order chi connectivity index (χ0) is 16.1. The Kier molecular flexibility index (Phi) is 3.72. The molecule has 1 fully saturated rings. The smallest absolute Gasteiger partial charge is 0.135 e. The zero-order valence-corrected chi connectivity index (χ0v) is 13.7. The molecular weight excluding hydrogens is 276 g/mol. The van der Waals surface area contributed by atoms with Crippen LogP contribution in [0.3, 0.4) is 0 Å². The van der Waals surface area contributed by atoms with Gasteiger partial charge in [-0.3, -0.25) is 0 Å². The van der Waals surface area contributed by atoms with E-state index in [-0.39, 0.29) is 17.9 Å². The van der Waals surface area contributed by atoms with Gasteiger partial charge in [0.15, 0.2) is 0 Å². The molecule has 4 unspecified atom stereocenters. The summed E-state index contributed by atoms with van der Waals surface area (Å²) in [6.45, 7) is 10.1. The van der Waals surface area contributed by atoms with Gasteiger partial charge in [0, 0.05) is 11.5 Å². The normalized spacial score (nSPS) is 33.0. The van der Waals surface area contributed by atoms with Gasteiger partial charge < -0.3 is 14.9 Å². The molecule has 0 spiro atoms. The van der Waals surface area contributed by atoms with Gasteiger partial charge in [-0.05, 0) is 56.7 Å². The lowest BCUT2D eigenvalue weighted by molar-refractivity contribution is -0.0824. The van der Waals surface area contributed by atoms with Crippen LogP contribution in [-0.2, 0) is 6.42 Å². The molecule has 2 aliphatic rings. The summed E-state index contributed by atoms with van der Waals surface area (Å²) in [5, 5.41) is 21.3. The van der Waals surface area contributed by atoms with E-state index in [0.29, 0.717) is 12.2 Å². The minimum absolute atomic E-state index is 0.00748. The number of rotatable bonds is 3. The van der Waals surface area contributed by atoms with Crippen molar-refractivity contribution in [2.24, 2.45) is 5.92 Å². The number of phenolic OH excluding ortho intramolecular Hbond substituents is 1. The number of allylic oxidation sites excluding steroid dienone is 1. The van der Waals surface area contributed by atoms with E-state index < -0.39 is 5.60 Å². The Labute approximate surface area is 132 Å². The molecule has 3 heteroatoms. The SMILES string of the molecule is C=C(C)C1CCC(C)(O)C2Oc3cc(CCC)cc(O)c3C12. The fourth-order valence-corrected chi connectivity index (χ4v) is 4.14. The van der Waals surface area contributed by atoms with Crippen LogP contribution in [0.2, 0.25) is 0 Å².